The van der Waals surface area contributed by atoms with Gasteiger partial charge in [0.15, 0.2) is 0 Å². The molecule has 0 atom stereocenters. The van der Waals surface area contributed by atoms with Crippen LogP contribution in [0.2, 0.25) is 0 Å². The van der Waals surface area contributed by atoms with Crippen molar-refractivity contribution >= 4 is 5.69 Å². The predicted octanol–water partition coefficient (Wildman–Crippen LogP) is 1.80. The van der Waals surface area contributed by atoms with E-state index in [9.17, 15) is 4.39 Å². The fourth-order valence-corrected chi connectivity index (χ4v) is 1.40. The lowest BCUT2D eigenvalue weighted by molar-refractivity contribution is 0.356. The van der Waals surface area contributed by atoms with E-state index < -0.39 is 12.8 Å². The molecular weight excluding hydrogens is 157 g/mol. The van der Waals surface area contributed by atoms with E-state index in [1.165, 1.54) is 6.07 Å². The molecule has 0 saturated carbocycles. The number of hydrogen-bond acceptors (Lipinski definition) is 2. The number of hydrogen-bond donors (Lipinski definition) is 1. The first-order chi connectivity index (χ1) is 6.68. The van der Waals surface area contributed by atoms with Gasteiger partial charge in [0.2, 0.25) is 0 Å². The molecule has 0 aliphatic carbocycles. The van der Waals surface area contributed by atoms with E-state index in [0.29, 0.717) is 18.8 Å². The van der Waals surface area contributed by atoms with Crippen LogP contribution in [0.1, 0.15) is 8.30 Å². The van der Waals surface area contributed by atoms with Crippen molar-refractivity contribution in [1.29, 1.82) is 0 Å². The molecule has 3 heteroatoms. The summed E-state index contributed by atoms with van der Waals surface area (Å²) in [6.45, 7) is -0.731. The maximum absolute atomic E-state index is 13.3. The van der Waals surface area contributed by atoms with Crippen LogP contribution in [0.3, 0.4) is 0 Å². The fourth-order valence-electron chi connectivity index (χ4n) is 1.40. The van der Waals surface area contributed by atoms with Crippen LogP contribution in [0, 0.1) is 5.82 Å². The van der Waals surface area contributed by atoms with Crippen LogP contribution in [0.15, 0.2) is 12.1 Å². The molecule has 0 saturated heterocycles. The van der Waals surface area contributed by atoms with Gasteiger partial charge in [-0.15, -0.1) is 0 Å². The van der Waals surface area contributed by atoms with E-state index in [0.717, 1.165) is 5.56 Å². The topological polar surface area (TPSA) is 21.3 Å². The molecule has 1 heterocycles. The Bertz CT molecular complexity index is 357. The van der Waals surface area contributed by atoms with E-state index in [1.807, 2.05) is 0 Å². The van der Waals surface area contributed by atoms with Crippen LogP contribution in [0.4, 0.5) is 10.1 Å². The van der Waals surface area contributed by atoms with Crippen molar-refractivity contribution in [3.8, 4) is 5.75 Å². The Balaban J connectivity index is 2.41. The molecule has 12 heavy (non-hydrogen) atoms. The minimum absolute atomic E-state index is 0.231. The third kappa shape index (κ3) is 0.932. The highest BCUT2D eigenvalue weighted by Crippen LogP contribution is 2.33. The monoisotopic (exact) mass is 169 g/mol. The van der Waals surface area contributed by atoms with Crippen LogP contribution >= 0.6 is 0 Å². The summed E-state index contributed by atoms with van der Waals surface area (Å²) in [5.74, 6) is 0.216. The maximum atomic E-state index is 13.3. The highest BCUT2D eigenvalue weighted by atomic mass is 19.1. The first-order valence-corrected chi connectivity index (χ1v) is 3.73. The normalized spacial score (nSPS) is 16.5. The van der Waals surface area contributed by atoms with Gasteiger partial charge in [0.1, 0.15) is 11.6 Å². The van der Waals surface area contributed by atoms with Gasteiger partial charge in [-0.25, -0.2) is 4.39 Å². The Kier molecular flexibility index (Phi) is 1.20. The lowest BCUT2D eigenvalue weighted by Gasteiger charge is -2.06. The van der Waals surface area contributed by atoms with E-state index in [2.05, 4.69) is 5.32 Å². The molecule has 1 aliphatic heterocycles. The summed E-state index contributed by atoms with van der Waals surface area (Å²) in [5, 5.41) is 2.45. The Morgan fingerprint density at radius 3 is 3.42 bits per heavy atom. The van der Waals surface area contributed by atoms with Crippen molar-refractivity contribution < 1.29 is 11.9 Å². The standard InChI is InChI=1S/C9H10FNO/c1-11-9-6-4-5-12-8(6)3-2-7(9)10/h2-3,11H,4-5H2,1H3/i1D2. The fraction of sp³-hybridized carbons (Fsp3) is 0.333. The second-order valence-corrected chi connectivity index (χ2v) is 2.64. The second-order valence-electron chi connectivity index (χ2n) is 2.64. The Hall–Kier alpha value is -1.25. The van der Waals surface area contributed by atoms with E-state index in [4.69, 9.17) is 7.48 Å². The number of nitrogens with one attached hydrogen (secondary N) is 1. The third-order valence-electron chi connectivity index (χ3n) is 1.97. The number of benzene rings is 1. The zero-order chi connectivity index (χ0) is 10.1. The van der Waals surface area contributed by atoms with E-state index in [1.54, 1.807) is 6.07 Å². The lowest BCUT2D eigenvalue weighted by atomic mass is 10.1. The average Bonchev–Trinajstić information content (AvgIpc) is 2.57. The maximum Gasteiger partial charge on any atom is 0.146 e. The summed E-state index contributed by atoms with van der Waals surface area (Å²) >= 11 is 0. The van der Waals surface area contributed by atoms with Gasteiger partial charge in [-0.3, -0.25) is 0 Å². The van der Waals surface area contributed by atoms with Gasteiger partial charge in [-0.2, -0.15) is 0 Å². The van der Waals surface area contributed by atoms with Crippen molar-refractivity contribution in [3.05, 3.63) is 23.5 Å². The molecule has 64 valence electrons. The smallest absolute Gasteiger partial charge is 0.146 e. The first kappa shape index (κ1) is 5.41. The average molecular weight is 169 g/mol. The summed E-state index contributed by atoms with van der Waals surface area (Å²) in [6.07, 6.45) is 0.627. The van der Waals surface area contributed by atoms with Crippen LogP contribution in [0.5, 0.6) is 5.75 Å². The van der Waals surface area contributed by atoms with Gasteiger partial charge in [0, 0.05) is 21.7 Å². The highest BCUT2D eigenvalue weighted by molar-refractivity contribution is 5.59. The van der Waals surface area contributed by atoms with Crippen molar-refractivity contribution in [1.82, 2.24) is 0 Å². The molecule has 0 aromatic heterocycles. The van der Waals surface area contributed by atoms with E-state index >= 15 is 0 Å². The number of halogens is 1. The molecular formula is C9H10FNO. The summed E-state index contributed by atoms with van der Waals surface area (Å²) < 4.78 is 32.6. The molecule has 1 aromatic carbocycles. The van der Waals surface area contributed by atoms with Crippen LogP contribution in [0.25, 0.3) is 0 Å². The van der Waals surface area contributed by atoms with Gasteiger partial charge in [0.05, 0.1) is 12.3 Å². The number of rotatable bonds is 1. The number of ether oxygens (including phenoxy) is 1. The summed E-state index contributed by atoms with van der Waals surface area (Å²) in [6, 6.07) is 2.86. The Morgan fingerprint density at radius 2 is 2.58 bits per heavy atom. The van der Waals surface area contributed by atoms with Gasteiger partial charge in [-0.1, -0.05) is 0 Å². The minimum Gasteiger partial charge on any atom is -0.493 e. The third-order valence-corrected chi connectivity index (χ3v) is 1.97. The summed E-state index contributed by atoms with van der Waals surface area (Å²) in [7, 11) is 0. The quantitative estimate of drug-likeness (QED) is 0.692. The zero-order valence-electron chi connectivity index (χ0n) is 8.43. The highest BCUT2D eigenvalue weighted by Gasteiger charge is 2.18. The SMILES string of the molecule is [2H]C([2H])Nc1c(F)ccc2c1CCO2. The van der Waals surface area contributed by atoms with Crippen LogP contribution < -0.4 is 10.1 Å². The predicted molar refractivity (Wildman–Crippen MR) is 45.1 cm³/mol. The van der Waals surface area contributed by atoms with E-state index in [-0.39, 0.29) is 5.69 Å². The largest absolute Gasteiger partial charge is 0.493 e. The number of anilines is 1. The van der Waals surface area contributed by atoms with Gasteiger partial charge < -0.3 is 10.1 Å². The molecule has 1 aromatic rings. The van der Waals surface area contributed by atoms with Crippen LogP contribution in [-0.2, 0) is 6.42 Å². The molecule has 0 radical (unpaired) electrons. The zero-order valence-corrected chi connectivity index (χ0v) is 6.43. The van der Waals surface area contributed by atoms with Gasteiger partial charge in [0.25, 0.3) is 0 Å². The molecule has 0 spiro atoms. The summed E-state index contributed by atoms with van der Waals surface area (Å²) in [5.41, 5.74) is 0.963. The minimum atomic E-state index is -1.27. The molecule has 0 unspecified atom stereocenters. The van der Waals surface area contributed by atoms with Crippen molar-refractivity contribution in [2.45, 2.75) is 6.42 Å². The lowest BCUT2D eigenvalue weighted by Crippen LogP contribution is -1.96. The molecule has 0 bridgehead atoms. The molecule has 0 amide bonds. The van der Waals surface area contributed by atoms with Crippen molar-refractivity contribution in [3.63, 3.8) is 0 Å². The molecule has 0 fully saturated rings. The Morgan fingerprint density at radius 1 is 1.67 bits per heavy atom. The number of fused-ring (bicyclic) bond motifs is 1. The first-order valence-electron chi connectivity index (χ1n) is 4.89. The molecule has 2 nitrogen and oxygen atoms in total. The van der Waals surface area contributed by atoms with Crippen LogP contribution in [-0.4, -0.2) is 13.6 Å². The molecule has 2 rings (SSSR count). The second kappa shape index (κ2) is 2.66. The van der Waals surface area contributed by atoms with Crippen molar-refractivity contribution in [2.24, 2.45) is 0 Å². The Labute approximate surface area is 73.2 Å². The molecule has 1 N–H and O–H groups in total. The van der Waals surface area contributed by atoms with Crippen molar-refractivity contribution in [2.75, 3.05) is 18.9 Å². The summed E-state index contributed by atoms with van der Waals surface area (Å²) in [4.78, 5) is 0. The van der Waals surface area contributed by atoms with Gasteiger partial charge >= 0.3 is 0 Å². The van der Waals surface area contributed by atoms with Gasteiger partial charge in [-0.05, 0) is 12.1 Å². The molecule has 1 aliphatic rings.